The Morgan fingerprint density at radius 3 is 2.85 bits per heavy atom. The third-order valence-corrected chi connectivity index (χ3v) is 4.49. The standard InChI is InChI=1S/C15H17NO2S2/c1-10-4-5-11(2)12(8-10)9-13-14(17)16(6-7-18-3)15(19)20-13/h4-5,8-9H,6-7H2,1-3H3/b13-9-. The molecule has 0 radical (unpaired) electrons. The molecule has 1 saturated heterocycles. The maximum Gasteiger partial charge on any atom is 0.266 e. The maximum absolute atomic E-state index is 12.3. The molecule has 1 amide bonds. The summed E-state index contributed by atoms with van der Waals surface area (Å²) in [6.07, 6.45) is 1.93. The summed E-state index contributed by atoms with van der Waals surface area (Å²) < 4.78 is 5.61. The van der Waals surface area contributed by atoms with E-state index in [1.165, 1.54) is 17.3 Å². The van der Waals surface area contributed by atoms with Gasteiger partial charge in [0.15, 0.2) is 0 Å². The first-order chi connectivity index (χ1) is 9.52. The highest BCUT2D eigenvalue weighted by atomic mass is 32.2. The summed E-state index contributed by atoms with van der Waals surface area (Å²) in [6.45, 7) is 5.08. The van der Waals surface area contributed by atoms with Gasteiger partial charge in [0, 0.05) is 7.11 Å². The van der Waals surface area contributed by atoms with E-state index in [9.17, 15) is 4.79 Å². The molecule has 1 aliphatic heterocycles. The van der Waals surface area contributed by atoms with Gasteiger partial charge >= 0.3 is 0 Å². The van der Waals surface area contributed by atoms with E-state index in [1.807, 2.05) is 19.9 Å². The minimum atomic E-state index is -0.0297. The molecule has 0 aromatic heterocycles. The van der Waals surface area contributed by atoms with Gasteiger partial charge in [-0.1, -0.05) is 47.7 Å². The van der Waals surface area contributed by atoms with Gasteiger partial charge < -0.3 is 4.74 Å². The quantitative estimate of drug-likeness (QED) is 0.631. The van der Waals surface area contributed by atoms with Crippen molar-refractivity contribution in [3.63, 3.8) is 0 Å². The van der Waals surface area contributed by atoms with Gasteiger partial charge in [0.25, 0.3) is 5.91 Å². The van der Waals surface area contributed by atoms with Crippen molar-refractivity contribution in [2.45, 2.75) is 13.8 Å². The van der Waals surface area contributed by atoms with Gasteiger partial charge in [-0.3, -0.25) is 9.69 Å². The highest BCUT2D eigenvalue weighted by Gasteiger charge is 2.31. The Hall–Kier alpha value is -1.17. The number of hydrogen-bond acceptors (Lipinski definition) is 4. The zero-order valence-electron chi connectivity index (χ0n) is 11.8. The Morgan fingerprint density at radius 2 is 2.15 bits per heavy atom. The first-order valence-electron chi connectivity index (χ1n) is 6.34. The van der Waals surface area contributed by atoms with Crippen LogP contribution in [0.5, 0.6) is 0 Å². The summed E-state index contributed by atoms with van der Waals surface area (Å²) in [5, 5.41) is 0. The summed E-state index contributed by atoms with van der Waals surface area (Å²) in [6, 6.07) is 6.21. The average Bonchev–Trinajstić information content (AvgIpc) is 2.67. The Balaban J connectivity index is 2.25. The molecule has 2 rings (SSSR count). The van der Waals surface area contributed by atoms with Crippen LogP contribution in [0.4, 0.5) is 0 Å². The van der Waals surface area contributed by atoms with Crippen LogP contribution < -0.4 is 0 Å². The molecule has 0 spiro atoms. The third-order valence-electron chi connectivity index (χ3n) is 3.11. The van der Waals surface area contributed by atoms with Gasteiger partial charge in [-0.25, -0.2) is 0 Å². The molecule has 1 aromatic carbocycles. The highest BCUT2D eigenvalue weighted by molar-refractivity contribution is 8.26. The van der Waals surface area contributed by atoms with Crippen LogP contribution in [0.1, 0.15) is 16.7 Å². The molecule has 1 aromatic rings. The number of aryl methyl sites for hydroxylation is 2. The van der Waals surface area contributed by atoms with Crippen molar-refractivity contribution in [2.24, 2.45) is 0 Å². The molecule has 1 fully saturated rings. The number of benzene rings is 1. The first-order valence-corrected chi connectivity index (χ1v) is 7.57. The number of amides is 1. The fourth-order valence-electron chi connectivity index (χ4n) is 1.93. The molecule has 0 unspecified atom stereocenters. The smallest absolute Gasteiger partial charge is 0.266 e. The number of ether oxygens (including phenoxy) is 1. The van der Waals surface area contributed by atoms with Crippen molar-refractivity contribution in [1.29, 1.82) is 0 Å². The van der Waals surface area contributed by atoms with Gasteiger partial charge in [0.1, 0.15) is 4.32 Å². The Kier molecular flexibility index (Phi) is 4.96. The van der Waals surface area contributed by atoms with Crippen LogP contribution in [0.25, 0.3) is 6.08 Å². The van der Waals surface area contributed by atoms with Crippen LogP contribution in [0.15, 0.2) is 23.1 Å². The molecule has 1 aliphatic rings. The van der Waals surface area contributed by atoms with Crippen molar-refractivity contribution < 1.29 is 9.53 Å². The van der Waals surface area contributed by atoms with Gasteiger partial charge in [0.05, 0.1) is 18.1 Å². The third kappa shape index (κ3) is 3.29. The van der Waals surface area contributed by atoms with Gasteiger partial charge in [-0.05, 0) is 31.1 Å². The lowest BCUT2D eigenvalue weighted by Crippen LogP contribution is -2.31. The first kappa shape index (κ1) is 15.2. The van der Waals surface area contributed by atoms with Crippen molar-refractivity contribution >= 4 is 40.3 Å². The second kappa shape index (κ2) is 6.52. The molecule has 0 bridgehead atoms. The van der Waals surface area contributed by atoms with E-state index >= 15 is 0 Å². The summed E-state index contributed by atoms with van der Waals surface area (Å²) in [5.74, 6) is -0.0297. The number of carbonyl (C=O) groups is 1. The molecule has 0 N–H and O–H groups in total. The van der Waals surface area contributed by atoms with Crippen LogP contribution in [-0.2, 0) is 9.53 Å². The van der Waals surface area contributed by atoms with Crippen LogP contribution >= 0.6 is 24.0 Å². The van der Waals surface area contributed by atoms with Crippen LogP contribution in [0.2, 0.25) is 0 Å². The average molecular weight is 307 g/mol. The van der Waals surface area contributed by atoms with Gasteiger partial charge in [-0.15, -0.1) is 0 Å². The second-order valence-electron chi connectivity index (χ2n) is 4.69. The molecule has 5 heteroatoms. The van der Waals surface area contributed by atoms with E-state index in [0.717, 1.165) is 11.1 Å². The summed E-state index contributed by atoms with van der Waals surface area (Å²) in [5.41, 5.74) is 3.40. The summed E-state index contributed by atoms with van der Waals surface area (Å²) >= 11 is 6.61. The van der Waals surface area contributed by atoms with E-state index in [4.69, 9.17) is 17.0 Å². The van der Waals surface area contributed by atoms with E-state index in [0.29, 0.717) is 22.4 Å². The molecule has 3 nitrogen and oxygen atoms in total. The molecule has 1 heterocycles. The predicted molar refractivity (Wildman–Crippen MR) is 87.7 cm³/mol. The largest absolute Gasteiger partial charge is 0.383 e. The molecule has 20 heavy (non-hydrogen) atoms. The summed E-state index contributed by atoms with van der Waals surface area (Å²) in [7, 11) is 1.61. The lowest BCUT2D eigenvalue weighted by atomic mass is 10.1. The highest BCUT2D eigenvalue weighted by Crippen LogP contribution is 2.32. The monoisotopic (exact) mass is 307 g/mol. The number of thioether (sulfide) groups is 1. The molecule has 106 valence electrons. The molecular formula is C15H17NO2S2. The Morgan fingerprint density at radius 1 is 1.40 bits per heavy atom. The zero-order chi connectivity index (χ0) is 14.7. The van der Waals surface area contributed by atoms with Gasteiger partial charge in [-0.2, -0.15) is 0 Å². The molecule has 0 atom stereocenters. The molecule has 0 saturated carbocycles. The van der Waals surface area contributed by atoms with Crippen molar-refractivity contribution in [3.8, 4) is 0 Å². The van der Waals surface area contributed by atoms with Crippen LogP contribution in [-0.4, -0.2) is 35.4 Å². The minimum Gasteiger partial charge on any atom is -0.383 e. The second-order valence-corrected chi connectivity index (χ2v) is 6.36. The SMILES string of the molecule is COCCN1C(=O)/C(=C/c2cc(C)ccc2C)SC1=S. The van der Waals surface area contributed by atoms with E-state index < -0.39 is 0 Å². The Bertz CT molecular complexity index is 581. The molecular weight excluding hydrogens is 290 g/mol. The topological polar surface area (TPSA) is 29.5 Å². The lowest BCUT2D eigenvalue weighted by Gasteiger charge is -2.13. The van der Waals surface area contributed by atoms with E-state index in [-0.39, 0.29) is 5.91 Å². The van der Waals surface area contributed by atoms with Crippen LogP contribution in [0.3, 0.4) is 0 Å². The molecule has 0 aliphatic carbocycles. The number of thiocarbonyl (C=S) groups is 1. The lowest BCUT2D eigenvalue weighted by molar-refractivity contribution is -0.122. The number of methoxy groups -OCH3 is 1. The van der Waals surface area contributed by atoms with Crippen molar-refractivity contribution in [1.82, 2.24) is 4.90 Å². The number of rotatable bonds is 4. The fraction of sp³-hybridized carbons (Fsp3) is 0.333. The maximum atomic E-state index is 12.3. The van der Waals surface area contributed by atoms with Crippen molar-refractivity contribution in [2.75, 3.05) is 20.3 Å². The normalized spacial score (nSPS) is 17.4. The zero-order valence-corrected chi connectivity index (χ0v) is 13.4. The fourth-order valence-corrected chi connectivity index (χ4v) is 3.23. The van der Waals surface area contributed by atoms with E-state index in [2.05, 4.69) is 18.2 Å². The number of nitrogens with zero attached hydrogens (tertiary/aromatic N) is 1. The van der Waals surface area contributed by atoms with Gasteiger partial charge in [0.2, 0.25) is 0 Å². The Labute approximate surface area is 129 Å². The number of hydrogen-bond donors (Lipinski definition) is 0. The number of carbonyl (C=O) groups excluding carboxylic acids is 1. The predicted octanol–water partition coefficient (Wildman–Crippen LogP) is 3.15. The van der Waals surface area contributed by atoms with Crippen molar-refractivity contribution in [3.05, 3.63) is 39.8 Å². The minimum absolute atomic E-state index is 0.0297. The van der Waals surface area contributed by atoms with Crippen LogP contribution in [0, 0.1) is 13.8 Å². The van der Waals surface area contributed by atoms with E-state index in [1.54, 1.807) is 12.0 Å². The summed E-state index contributed by atoms with van der Waals surface area (Å²) in [4.78, 5) is 14.6.